The summed E-state index contributed by atoms with van der Waals surface area (Å²) < 4.78 is 30.1. The van der Waals surface area contributed by atoms with Crippen molar-refractivity contribution < 1.29 is 13.2 Å². The summed E-state index contributed by atoms with van der Waals surface area (Å²) in [7, 11) is -3.45. The summed E-state index contributed by atoms with van der Waals surface area (Å²) in [5.41, 5.74) is 2.38. The predicted molar refractivity (Wildman–Crippen MR) is 112 cm³/mol. The van der Waals surface area contributed by atoms with Crippen LogP contribution in [0.4, 0.5) is 5.69 Å². The summed E-state index contributed by atoms with van der Waals surface area (Å²) in [4.78, 5) is 15.3. The molecule has 0 atom stereocenters. The molecule has 2 aliphatic heterocycles. The van der Waals surface area contributed by atoms with Gasteiger partial charge in [0.1, 0.15) is 5.69 Å². The zero-order valence-corrected chi connectivity index (χ0v) is 18.3. The van der Waals surface area contributed by atoms with Crippen LogP contribution in [0.5, 0.6) is 0 Å². The van der Waals surface area contributed by atoms with Crippen LogP contribution in [0, 0.1) is 0 Å². The molecule has 150 valence electrons. The van der Waals surface area contributed by atoms with Crippen LogP contribution in [0.25, 0.3) is 0 Å². The van der Waals surface area contributed by atoms with E-state index in [1.165, 1.54) is 0 Å². The van der Waals surface area contributed by atoms with Gasteiger partial charge in [0.15, 0.2) is 0 Å². The van der Waals surface area contributed by atoms with Gasteiger partial charge in [0.2, 0.25) is 10.0 Å². The number of nitrogens with zero attached hydrogens (tertiary/aromatic N) is 3. The topological polar surface area (TPSA) is 62.6 Å². The van der Waals surface area contributed by atoms with Crippen molar-refractivity contribution in [2.45, 2.75) is 44.0 Å². The molecule has 0 N–H and O–H groups in total. The Morgan fingerprint density at radius 1 is 1.11 bits per heavy atom. The first-order valence-electron chi connectivity index (χ1n) is 9.72. The standard InChI is InChI=1S/C20H24BrN3O3S/c1-2-22-14-16(21)13-19(22)20(25)24-11-5-6-15-12-17(7-8-18(15)24)28(26,27)23-9-3-4-10-23/h7-8,12-14H,2-6,9-11H2,1H3. The molecule has 2 aliphatic rings. The maximum atomic E-state index is 13.2. The fourth-order valence-electron chi connectivity index (χ4n) is 4.08. The van der Waals surface area contributed by atoms with Crippen LogP contribution in [0.3, 0.4) is 0 Å². The van der Waals surface area contributed by atoms with Gasteiger partial charge < -0.3 is 9.47 Å². The van der Waals surface area contributed by atoms with E-state index < -0.39 is 10.0 Å². The van der Waals surface area contributed by atoms with E-state index in [0.717, 1.165) is 41.4 Å². The third-order valence-electron chi connectivity index (χ3n) is 5.54. The number of fused-ring (bicyclic) bond motifs is 1. The summed E-state index contributed by atoms with van der Waals surface area (Å²) in [6.07, 6.45) is 5.34. The fourth-order valence-corrected chi connectivity index (χ4v) is 6.11. The zero-order chi connectivity index (χ0) is 19.9. The lowest BCUT2D eigenvalue weighted by atomic mass is 10.0. The maximum Gasteiger partial charge on any atom is 0.274 e. The van der Waals surface area contributed by atoms with Gasteiger partial charge in [-0.1, -0.05) is 0 Å². The lowest BCUT2D eigenvalue weighted by Gasteiger charge is -2.30. The highest BCUT2D eigenvalue weighted by atomic mass is 79.9. The number of benzene rings is 1. The second kappa shape index (κ2) is 7.65. The Hall–Kier alpha value is -1.64. The molecule has 1 aromatic heterocycles. The molecule has 0 bridgehead atoms. The van der Waals surface area contributed by atoms with Gasteiger partial charge >= 0.3 is 0 Å². The van der Waals surface area contributed by atoms with Gasteiger partial charge in [0.05, 0.1) is 4.90 Å². The van der Waals surface area contributed by atoms with Crippen molar-refractivity contribution in [2.75, 3.05) is 24.5 Å². The molecule has 1 fully saturated rings. The molecule has 0 unspecified atom stereocenters. The molecule has 4 rings (SSSR count). The van der Waals surface area contributed by atoms with Gasteiger partial charge in [0.25, 0.3) is 5.91 Å². The number of aryl methyl sites for hydroxylation is 2. The van der Waals surface area contributed by atoms with Crippen LogP contribution < -0.4 is 4.90 Å². The molecule has 8 heteroatoms. The van der Waals surface area contributed by atoms with Gasteiger partial charge in [-0.25, -0.2) is 8.42 Å². The highest BCUT2D eigenvalue weighted by Crippen LogP contribution is 2.32. The van der Waals surface area contributed by atoms with E-state index in [9.17, 15) is 13.2 Å². The third kappa shape index (κ3) is 3.42. The van der Waals surface area contributed by atoms with Gasteiger partial charge in [-0.3, -0.25) is 4.79 Å². The number of hydrogen-bond acceptors (Lipinski definition) is 3. The molecule has 0 spiro atoms. The van der Waals surface area contributed by atoms with Crippen LogP contribution in [0.1, 0.15) is 42.2 Å². The van der Waals surface area contributed by atoms with E-state index >= 15 is 0 Å². The Bertz CT molecular complexity index is 1010. The SMILES string of the molecule is CCn1cc(Br)cc1C(=O)N1CCCc2cc(S(=O)(=O)N3CCCC3)ccc21. The van der Waals surface area contributed by atoms with E-state index in [4.69, 9.17) is 0 Å². The normalized spacial score (nSPS) is 17.7. The number of halogens is 1. The monoisotopic (exact) mass is 465 g/mol. The van der Waals surface area contributed by atoms with Gasteiger partial charge in [-0.15, -0.1) is 0 Å². The molecule has 0 saturated carbocycles. The molecule has 0 aliphatic carbocycles. The van der Waals surface area contributed by atoms with E-state index in [2.05, 4.69) is 15.9 Å². The smallest absolute Gasteiger partial charge is 0.274 e. The summed E-state index contributed by atoms with van der Waals surface area (Å²) in [6.45, 7) is 4.53. The lowest BCUT2D eigenvalue weighted by Crippen LogP contribution is -2.37. The summed E-state index contributed by atoms with van der Waals surface area (Å²) in [5, 5.41) is 0. The van der Waals surface area contributed by atoms with Crippen molar-refractivity contribution in [3.63, 3.8) is 0 Å². The Morgan fingerprint density at radius 3 is 2.57 bits per heavy atom. The molecule has 3 heterocycles. The van der Waals surface area contributed by atoms with Crippen LogP contribution in [0.15, 0.2) is 39.8 Å². The first kappa shape index (κ1) is 19.7. The molecule has 1 aromatic carbocycles. The van der Waals surface area contributed by atoms with Crippen LogP contribution >= 0.6 is 15.9 Å². The average molecular weight is 466 g/mol. The first-order chi connectivity index (χ1) is 13.4. The number of carbonyl (C=O) groups is 1. The van der Waals surface area contributed by atoms with Crippen LogP contribution in [0.2, 0.25) is 0 Å². The highest BCUT2D eigenvalue weighted by molar-refractivity contribution is 9.10. The first-order valence-corrected chi connectivity index (χ1v) is 12.0. The van der Waals surface area contributed by atoms with Crippen molar-refractivity contribution >= 4 is 37.5 Å². The fraction of sp³-hybridized carbons (Fsp3) is 0.450. The Morgan fingerprint density at radius 2 is 1.86 bits per heavy atom. The minimum absolute atomic E-state index is 0.0522. The van der Waals surface area contributed by atoms with Crippen molar-refractivity contribution in [2.24, 2.45) is 0 Å². The second-order valence-electron chi connectivity index (χ2n) is 7.29. The van der Waals surface area contributed by atoms with Gasteiger partial charge in [0, 0.05) is 42.5 Å². The van der Waals surface area contributed by atoms with Crippen molar-refractivity contribution in [3.05, 3.63) is 46.2 Å². The van der Waals surface area contributed by atoms with Gasteiger partial charge in [-0.2, -0.15) is 4.31 Å². The van der Waals surface area contributed by atoms with E-state index in [-0.39, 0.29) is 5.91 Å². The minimum atomic E-state index is -3.45. The Labute approximate surface area is 174 Å². The molecular formula is C20H24BrN3O3S. The number of carbonyl (C=O) groups excluding carboxylic acids is 1. The molecule has 28 heavy (non-hydrogen) atoms. The number of aromatic nitrogens is 1. The van der Waals surface area contributed by atoms with Crippen molar-refractivity contribution in [3.8, 4) is 0 Å². The number of amides is 1. The zero-order valence-electron chi connectivity index (χ0n) is 15.9. The Kier molecular flexibility index (Phi) is 5.37. The number of rotatable bonds is 4. The average Bonchev–Trinajstić information content (AvgIpc) is 3.36. The molecule has 1 amide bonds. The minimum Gasteiger partial charge on any atom is -0.343 e. The number of sulfonamides is 1. The second-order valence-corrected chi connectivity index (χ2v) is 10.1. The van der Waals surface area contributed by atoms with E-state index in [0.29, 0.717) is 36.8 Å². The van der Waals surface area contributed by atoms with Crippen LogP contribution in [-0.4, -0.2) is 42.8 Å². The van der Waals surface area contributed by atoms with Crippen molar-refractivity contribution in [1.82, 2.24) is 8.87 Å². The van der Waals surface area contributed by atoms with E-state index in [1.807, 2.05) is 23.8 Å². The lowest BCUT2D eigenvalue weighted by molar-refractivity contribution is 0.0976. The number of hydrogen-bond donors (Lipinski definition) is 0. The largest absolute Gasteiger partial charge is 0.343 e. The summed E-state index contributed by atoms with van der Waals surface area (Å²) >= 11 is 3.45. The molecule has 1 saturated heterocycles. The molecule has 6 nitrogen and oxygen atoms in total. The molecule has 2 aromatic rings. The molecular weight excluding hydrogens is 442 g/mol. The Balaban J connectivity index is 1.68. The third-order valence-corrected chi connectivity index (χ3v) is 7.87. The summed E-state index contributed by atoms with van der Waals surface area (Å²) in [5.74, 6) is -0.0522. The van der Waals surface area contributed by atoms with E-state index in [1.54, 1.807) is 27.4 Å². The maximum absolute atomic E-state index is 13.2. The molecule has 0 radical (unpaired) electrons. The highest BCUT2D eigenvalue weighted by Gasteiger charge is 2.30. The van der Waals surface area contributed by atoms with Crippen LogP contribution in [-0.2, 0) is 23.0 Å². The van der Waals surface area contributed by atoms with Gasteiger partial charge in [-0.05, 0) is 78.4 Å². The quantitative estimate of drug-likeness (QED) is 0.691. The predicted octanol–water partition coefficient (Wildman–Crippen LogP) is 3.65. The number of anilines is 1. The summed E-state index contributed by atoms with van der Waals surface area (Å²) in [6, 6.07) is 7.04. The van der Waals surface area contributed by atoms with Crippen molar-refractivity contribution in [1.29, 1.82) is 0 Å².